The van der Waals surface area contributed by atoms with E-state index >= 15 is 0 Å². The Labute approximate surface area is 143 Å². The number of aromatic nitrogens is 1. The molecule has 1 aliphatic rings. The fraction of sp³-hybridized carbons (Fsp3) is 0.526. The first-order valence-corrected chi connectivity index (χ1v) is 8.46. The fourth-order valence-corrected chi connectivity index (χ4v) is 4.71. The topological polar surface area (TPSA) is 38.1 Å². The van der Waals surface area contributed by atoms with Gasteiger partial charge in [-0.05, 0) is 58.1 Å². The summed E-state index contributed by atoms with van der Waals surface area (Å²) in [5.41, 5.74) is 6.55. The van der Waals surface area contributed by atoms with E-state index in [4.69, 9.17) is 16.1 Å². The molecule has 2 heterocycles. The smallest absolute Gasteiger partial charge is 0.141 e. The van der Waals surface area contributed by atoms with Crippen molar-refractivity contribution in [2.45, 2.75) is 65.8 Å². The third kappa shape index (κ3) is 2.55. The number of nitrogens with one attached hydrogen (secondary N) is 1. The second-order valence-corrected chi connectivity index (χ2v) is 8.45. The Morgan fingerprint density at radius 1 is 1.17 bits per heavy atom. The van der Waals surface area contributed by atoms with E-state index in [1.54, 1.807) is 0 Å². The first-order valence-electron chi connectivity index (χ1n) is 8.08. The zero-order valence-corrected chi connectivity index (χ0v) is 15.8. The van der Waals surface area contributed by atoms with E-state index in [1.165, 1.54) is 16.8 Å². The molecule has 0 radical (unpaired) electrons. The molecule has 1 aromatic carbocycles. The fourth-order valence-electron chi connectivity index (χ4n) is 4.22. The molecule has 0 aliphatic carbocycles. The van der Waals surface area contributed by atoms with Crippen LogP contribution in [0.5, 0.6) is 0 Å². The maximum Gasteiger partial charge on any atom is 0.141 e. The van der Waals surface area contributed by atoms with Gasteiger partial charge in [0, 0.05) is 27.9 Å². The number of anilines is 1. The normalized spacial score (nSPS) is 18.4. The molecule has 0 unspecified atom stereocenters. The average Bonchev–Trinajstić information content (AvgIpc) is 2.70. The molecule has 0 atom stereocenters. The molecule has 0 saturated heterocycles. The summed E-state index contributed by atoms with van der Waals surface area (Å²) >= 11 is 6.90. The lowest BCUT2D eigenvalue weighted by atomic mass is 9.70. The van der Waals surface area contributed by atoms with Crippen LogP contribution in [0.2, 0.25) is 5.02 Å². The van der Waals surface area contributed by atoms with Gasteiger partial charge in [-0.25, -0.2) is 0 Å². The Kier molecular flexibility index (Phi) is 3.57. The molecule has 0 spiro atoms. The number of nitrogens with zero attached hydrogens (tertiary/aromatic N) is 1. The monoisotopic (exact) mass is 332 g/mol. The van der Waals surface area contributed by atoms with Gasteiger partial charge < -0.3 is 9.84 Å². The Balaban J connectivity index is 2.32. The van der Waals surface area contributed by atoms with E-state index in [1.807, 2.05) is 13.8 Å². The summed E-state index contributed by atoms with van der Waals surface area (Å²) in [4.78, 5) is 0. The van der Waals surface area contributed by atoms with Crippen molar-refractivity contribution in [3.63, 3.8) is 0 Å². The van der Waals surface area contributed by atoms with Crippen molar-refractivity contribution in [1.29, 1.82) is 0 Å². The van der Waals surface area contributed by atoms with Crippen LogP contribution in [0.25, 0.3) is 11.1 Å². The lowest BCUT2D eigenvalue weighted by Gasteiger charge is -2.45. The number of halogens is 1. The van der Waals surface area contributed by atoms with Gasteiger partial charge in [0.1, 0.15) is 5.76 Å². The van der Waals surface area contributed by atoms with Crippen molar-refractivity contribution < 1.29 is 4.52 Å². The highest BCUT2D eigenvalue weighted by Crippen LogP contribution is 2.50. The van der Waals surface area contributed by atoms with Crippen molar-refractivity contribution in [2.24, 2.45) is 0 Å². The van der Waals surface area contributed by atoms with E-state index in [2.05, 4.69) is 51.2 Å². The highest BCUT2D eigenvalue weighted by molar-refractivity contribution is 6.35. The Morgan fingerprint density at radius 2 is 1.83 bits per heavy atom. The predicted molar refractivity (Wildman–Crippen MR) is 96.5 cm³/mol. The molecule has 0 bridgehead atoms. The van der Waals surface area contributed by atoms with Crippen LogP contribution < -0.4 is 5.32 Å². The van der Waals surface area contributed by atoms with E-state index < -0.39 is 0 Å². The van der Waals surface area contributed by atoms with Gasteiger partial charge in [0.2, 0.25) is 0 Å². The third-order valence-corrected chi connectivity index (χ3v) is 5.18. The van der Waals surface area contributed by atoms with Gasteiger partial charge in [0.15, 0.2) is 0 Å². The highest BCUT2D eigenvalue weighted by Gasteiger charge is 2.40. The van der Waals surface area contributed by atoms with Gasteiger partial charge in [0.05, 0.1) is 10.7 Å². The Bertz CT molecular complexity index is 768. The zero-order chi connectivity index (χ0) is 17.2. The third-order valence-electron chi connectivity index (χ3n) is 4.79. The van der Waals surface area contributed by atoms with Crippen LogP contribution in [0.4, 0.5) is 5.69 Å². The molecular weight excluding hydrogens is 308 g/mol. The van der Waals surface area contributed by atoms with Crippen molar-refractivity contribution in [3.05, 3.63) is 33.7 Å². The first kappa shape index (κ1) is 16.4. The SMILES string of the molecule is Cc1cc(-c2c(C)noc2C)c(Cl)c2c1NC(C)(C)CC2(C)C. The van der Waals surface area contributed by atoms with Gasteiger partial charge in [0.25, 0.3) is 0 Å². The minimum Gasteiger partial charge on any atom is -0.380 e. The van der Waals surface area contributed by atoms with Gasteiger partial charge in [-0.2, -0.15) is 0 Å². The molecule has 1 aliphatic heterocycles. The summed E-state index contributed by atoms with van der Waals surface area (Å²) in [5, 5.41) is 8.58. The standard InChI is InChI=1S/C19H25ClN2O/c1-10-8-13(14-11(2)22-23-12(14)3)16(20)15-17(10)21-19(6,7)9-18(15,4)5/h8,21H,9H2,1-7H3. The average molecular weight is 333 g/mol. The molecule has 3 rings (SSSR count). The number of hydrogen-bond acceptors (Lipinski definition) is 3. The molecule has 2 aromatic rings. The zero-order valence-electron chi connectivity index (χ0n) is 15.0. The maximum atomic E-state index is 6.90. The summed E-state index contributed by atoms with van der Waals surface area (Å²) < 4.78 is 5.35. The molecule has 1 N–H and O–H groups in total. The quantitative estimate of drug-likeness (QED) is 0.718. The van der Waals surface area contributed by atoms with E-state index in [-0.39, 0.29) is 11.0 Å². The van der Waals surface area contributed by atoms with Crippen LogP contribution >= 0.6 is 11.6 Å². The maximum absolute atomic E-state index is 6.90. The first-order chi connectivity index (χ1) is 10.5. The summed E-state index contributed by atoms with van der Waals surface area (Å²) in [6.45, 7) is 15.1. The molecule has 0 amide bonds. The Morgan fingerprint density at radius 3 is 2.39 bits per heavy atom. The van der Waals surface area contributed by atoms with Gasteiger partial charge >= 0.3 is 0 Å². The number of fused-ring (bicyclic) bond motifs is 1. The van der Waals surface area contributed by atoms with Crippen LogP contribution in [0, 0.1) is 20.8 Å². The van der Waals surface area contributed by atoms with Gasteiger partial charge in [-0.3, -0.25) is 0 Å². The van der Waals surface area contributed by atoms with Gasteiger partial charge in [-0.1, -0.05) is 30.6 Å². The number of benzene rings is 1. The second-order valence-electron chi connectivity index (χ2n) is 8.07. The minimum absolute atomic E-state index is 0.000903. The van der Waals surface area contributed by atoms with Crippen LogP contribution in [-0.2, 0) is 5.41 Å². The van der Waals surface area contributed by atoms with Crippen molar-refractivity contribution >= 4 is 17.3 Å². The largest absolute Gasteiger partial charge is 0.380 e. The predicted octanol–water partition coefficient (Wildman–Crippen LogP) is 5.79. The summed E-state index contributed by atoms with van der Waals surface area (Å²) in [5.74, 6) is 0.811. The lowest BCUT2D eigenvalue weighted by Crippen LogP contribution is -2.43. The highest BCUT2D eigenvalue weighted by atomic mass is 35.5. The lowest BCUT2D eigenvalue weighted by molar-refractivity contribution is 0.355. The molecule has 1 aromatic heterocycles. The molecule has 3 nitrogen and oxygen atoms in total. The van der Waals surface area contributed by atoms with Crippen molar-refractivity contribution in [3.8, 4) is 11.1 Å². The second kappa shape index (κ2) is 5.01. The van der Waals surface area contributed by atoms with Crippen LogP contribution in [0.15, 0.2) is 10.6 Å². The summed E-state index contributed by atoms with van der Waals surface area (Å²) in [6.07, 6.45) is 1.03. The molecule has 124 valence electrons. The number of hydrogen-bond donors (Lipinski definition) is 1. The van der Waals surface area contributed by atoms with E-state index in [9.17, 15) is 0 Å². The molecular formula is C19H25ClN2O. The van der Waals surface area contributed by atoms with E-state index in [0.717, 1.165) is 34.0 Å². The number of rotatable bonds is 1. The number of aryl methyl sites for hydroxylation is 3. The minimum atomic E-state index is 0.000903. The Hall–Kier alpha value is -1.48. The van der Waals surface area contributed by atoms with Crippen molar-refractivity contribution in [2.75, 3.05) is 5.32 Å². The van der Waals surface area contributed by atoms with Crippen molar-refractivity contribution in [1.82, 2.24) is 5.16 Å². The molecule has 4 heteroatoms. The van der Waals surface area contributed by atoms with E-state index in [0.29, 0.717) is 0 Å². The van der Waals surface area contributed by atoms with Crippen LogP contribution in [0.3, 0.4) is 0 Å². The summed E-state index contributed by atoms with van der Waals surface area (Å²) in [6, 6.07) is 2.15. The molecule has 23 heavy (non-hydrogen) atoms. The molecule has 0 saturated carbocycles. The molecule has 0 fully saturated rings. The summed E-state index contributed by atoms with van der Waals surface area (Å²) in [7, 11) is 0. The van der Waals surface area contributed by atoms with Crippen LogP contribution in [-0.4, -0.2) is 10.7 Å². The van der Waals surface area contributed by atoms with Crippen LogP contribution in [0.1, 0.15) is 56.7 Å². The van der Waals surface area contributed by atoms with Gasteiger partial charge in [-0.15, -0.1) is 0 Å².